The zero-order valence-electron chi connectivity index (χ0n) is 11.6. The number of oxime groups is 1. The van der Waals surface area contributed by atoms with Crippen LogP contribution in [0.1, 0.15) is 24.5 Å². The molecule has 0 fully saturated rings. The number of hydrogen-bond acceptors (Lipinski definition) is 7. The summed E-state index contributed by atoms with van der Waals surface area (Å²) in [7, 11) is 1.23. The average molecular weight is 298 g/mol. The van der Waals surface area contributed by atoms with E-state index in [1.165, 1.54) is 19.4 Å². The van der Waals surface area contributed by atoms with Crippen LogP contribution in [0, 0.1) is 12.8 Å². The summed E-state index contributed by atoms with van der Waals surface area (Å²) < 4.78 is 4.58. The minimum Gasteiger partial charge on any atom is -0.541 e. The van der Waals surface area contributed by atoms with Gasteiger partial charge in [0.2, 0.25) is 11.8 Å². The Hall–Kier alpha value is -1.90. The minimum atomic E-state index is -1.28. The van der Waals surface area contributed by atoms with E-state index >= 15 is 0 Å². The number of carbonyl (C=O) groups excluding carboxylic acids is 1. The molecule has 1 heterocycles. The first-order valence-corrected chi connectivity index (χ1v) is 6.72. The van der Waals surface area contributed by atoms with Gasteiger partial charge in [-0.1, -0.05) is 19.0 Å². The molecule has 0 saturated heterocycles. The van der Waals surface area contributed by atoms with Crippen molar-refractivity contribution in [3.8, 4) is 0 Å². The predicted molar refractivity (Wildman–Crippen MR) is 75.4 cm³/mol. The monoisotopic (exact) mass is 298 g/mol. The highest BCUT2D eigenvalue weighted by molar-refractivity contribution is 7.09. The summed E-state index contributed by atoms with van der Waals surface area (Å²) in [5, 5.41) is 15.0. The van der Waals surface area contributed by atoms with E-state index in [4.69, 9.17) is 9.94 Å². The maximum Gasteiger partial charge on any atom is 0.360 e. The lowest BCUT2D eigenvalue weighted by atomic mass is 10.1. The molecule has 1 rings (SSSR count). The second-order valence-electron chi connectivity index (χ2n) is 4.29. The van der Waals surface area contributed by atoms with E-state index in [0.717, 1.165) is 0 Å². The van der Waals surface area contributed by atoms with Crippen molar-refractivity contribution in [2.75, 3.05) is 0 Å². The summed E-state index contributed by atoms with van der Waals surface area (Å²) in [5.74, 6) is -2.09. The molecular weight excluding hydrogens is 283 g/mol. The van der Waals surface area contributed by atoms with Gasteiger partial charge in [-0.2, -0.15) is 0 Å². The van der Waals surface area contributed by atoms with E-state index in [2.05, 4.69) is 14.8 Å². The Morgan fingerprint density at radius 2 is 2.15 bits per heavy atom. The largest absolute Gasteiger partial charge is 0.541 e. The van der Waals surface area contributed by atoms with E-state index in [0.29, 0.717) is 5.01 Å². The molecule has 0 bridgehead atoms. The maximum absolute atomic E-state index is 11.5. The summed E-state index contributed by atoms with van der Waals surface area (Å²) in [6.45, 7) is 5.23. The number of rotatable bonds is 6. The molecule has 1 N–H and O–H groups in total. The predicted octanol–water partition coefficient (Wildman–Crippen LogP) is 0.373. The number of aliphatic carboxylic acids is 1. The van der Waals surface area contributed by atoms with Crippen LogP contribution in [0.5, 0.6) is 0 Å². The van der Waals surface area contributed by atoms with Gasteiger partial charge in [-0.05, 0) is 6.92 Å². The fourth-order valence-corrected chi connectivity index (χ4v) is 1.93. The molecule has 0 spiro atoms. The number of thiazole rings is 1. The van der Waals surface area contributed by atoms with Crippen LogP contribution >= 0.6 is 11.3 Å². The number of carboxylic acids is 1. The number of nitrogens with zero attached hydrogens (tertiary/aromatic N) is 2. The van der Waals surface area contributed by atoms with E-state index < -0.39 is 18.0 Å². The lowest BCUT2D eigenvalue weighted by molar-refractivity contribution is -0.150. The van der Waals surface area contributed by atoms with Crippen molar-refractivity contribution in [1.82, 2.24) is 4.98 Å². The summed E-state index contributed by atoms with van der Waals surface area (Å²) in [4.78, 5) is 31.7. The zero-order valence-corrected chi connectivity index (χ0v) is 12.4. The Bertz CT molecular complexity index is 529. The van der Waals surface area contributed by atoms with Crippen LogP contribution in [-0.4, -0.2) is 41.9 Å². The van der Waals surface area contributed by atoms with Gasteiger partial charge >= 0.3 is 20.0 Å². The standard InChI is InChI=1S/C11H15BN2O5S/c1-5(2)9(11(17)18-12)19-14-8(10(15)16)7-4-20-6(3)13-7/h4-5,9H,12H2,1-3H3,(H,15,16)/b14-8-/t9-/m0/s1. The molecule has 0 aliphatic rings. The second kappa shape index (κ2) is 7.04. The second-order valence-corrected chi connectivity index (χ2v) is 5.35. The fraction of sp³-hybridized carbons (Fsp3) is 0.455. The van der Waals surface area contributed by atoms with Gasteiger partial charge in [-0.25, -0.2) is 14.6 Å². The molecule has 1 aromatic heterocycles. The first-order chi connectivity index (χ1) is 9.36. The molecule has 1 atom stereocenters. The highest BCUT2D eigenvalue weighted by Crippen LogP contribution is 2.12. The average Bonchev–Trinajstić information content (AvgIpc) is 2.79. The molecule has 7 nitrogen and oxygen atoms in total. The van der Waals surface area contributed by atoms with E-state index in [9.17, 15) is 9.59 Å². The normalized spacial score (nSPS) is 13.1. The Kier molecular flexibility index (Phi) is 5.69. The number of aryl methyl sites for hydroxylation is 1. The van der Waals surface area contributed by atoms with Crippen LogP contribution in [-0.2, 0) is 19.1 Å². The molecule has 20 heavy (non-hydrogen) atoms. The molecule has 0 saturated carbocycles. The first kappa shape index (κ1) is 16.2. The summed E-state index contributed by atoms with van der Waals surface area (Å²) >= 11 is 1.30. The van der Waals surface area contributed by atoms with Gasteiger partial charge in [0.05, 0.1) is 5.01 Å². The first-order valence-electron chi connectivity index (χ1n) is 5.84. The van der Waals surface area contributed by atoms with Crippen LogP contribution in [0.3, 0.4) is 0 Å². The zero-order chi connectivity index (χ0) is 15.3. The Labute approximate surface area is 121 Å². The summed E-state index contributed by atoms with van der Waals surface area (Å²) in [5.41, 5.74) is -0.142. The molecule has 0 aliphatic heterocycles. The van der Waals surface area contributed by atoms with Gasteiger partial charge in [0.25, 0.3) is 0 Å². The third-order valence-electron chi connectivity index (χ3n) is 2.36. The smallest absolute Gasteiger partial charge is 0.360 e. The van der Waals surface area contributed by atoms with Crippen molar-refractivity contribution in [2.45, 2.75) is 26.9 Å². The minimum absolute atomic E-state index is 0.201. The summed E-state index contributed by atoms with van der Waals surface area (Å²) in [6.07, 6.45) is -0.964. The number of carboxylic acid groups (broad SMARTS) is 1. The molecule has 9 heteroatoms. The number of aromatic nitrogens is 1. The van der Waals surface area contributed by atoms with Gasteiger partial charge in [0, 0.05) is 11.3 Å². The van der Waals surface area contributed by atoms with E-state index in [1.54, 1.807) is 26.2 Å². The van der Waals surface area contributed by atoms with Gasteiger partial charge in [-0.15, -0.1) is 11.3 Å². The lowest BCUT2D eigenvalue weighted by Gasteiger charge is -2.16. The highest BCUT2D eigenvalue weighted by Gasteiger charge is 2.26. The molecule has 0 aliphatic carbocycles. The third-order valence-corrected chi connectivity index (χ3v) is 3.13. The van der Waals surface area contributed by atoms with Gasteiger partial charge in [0.15, 0.2) is 0 Å². The fourth-order valence-electron chi connectivity index (χ4n) is 1.33. The molecule has 108 valence electrons. The van der Waals surface area contributed by atoms with Gasteiger partial charge in [-0.3, -0.25) is 0 Å². The molecule has 0 unspecified atom stereocenters. The molecule has 0 radical (unpaired) electrons. The molecular formula is C11H15BN2O5S. The SMILES string of the molecule is BOC(=O)[C@@H](O/N=C(\C(=O)O)c1csc(C)n1)C(C)C. The quantitative estimate of drug-likeness (QED) is 0.463. The van der Waals surface area contributed by atoms with Gasteiger partial charge in [0.1, 0.15) is 5.69 Å². The molecule has 0 aromatic carbocycles. The Morgan fingerprint density at radius 1 is 1.50 bits per heavy atom. The van der Waals surface area contributed by atoms with Crippen molar-refractivity contribution in [2.24, 2.45) is 11.1 Å². The topological polar surface area (TPSA) is 98.1 Å². The lowest BCUT2D eigenvalue weighted by Crippen LogP contribution is -2.30. The van der Waals surface area contributed by atoms with Crippen molar-refractivity contribution < 1.29 is 24.2 Å². The van der Waals surface area contributed by atoms with Crippen LogP contribution in [0.4, 0.5) is 0 Å². The van der Waals surface area contributed by atoms with Crippen molar-refractivity contribution in [3.05, 3.63) is 16.1 Å². The third kappa shape index (κ3) is 4.05. The Balaban J connectivity index is 2.97. The maximum atomic E-state index is 11.5. The van der Waals surface area contributed by atoms with E-state index in [-0.39, 0.29) is 17.3 Å². The molecule has 1 aromatic rings. The highest BCUT2D eigenvalue weighted by atomic mass is 32.1. The number of carbonyl (C=O) groups is 2. The van der Waals surface area contributed by atoms with Crippen LogP contribution in [0.15, 0.2) is 10.5 Å². The van der Waals surface area contributed by atoms with Crippen LogP contribution < -0.4 is 0 Å². The molecule has 0 amide bonds. The summed E-state index contributed by atoms with van der Waals surface area (Å²) in [6, 6.07) is 0. The van der Waals surface area contributed by atoms with Crippen molar-refractivity contribution in [1.29, 1.82) is 0 Å². The van der Waals surface area contributed by atoms with Crippen LogP contribution in [0.2, 0.25) is 0 Å². The Morgan fingerprint density at radius 3 is 2.55 bits per heavy atom. The van der Waals surface area contributed by atoms with E-state index in [1.807, 2.05) is 0 Å². The number of hydrogen-bond donors (Lipinski definition) is 1. The van der Waals surface area contributed by atoms with Crippen molar-refractivity contribution >= 4 is 37.0 Å². The van der Waals surface area contributed by atoms with Gasteiger partial charge < -0.3 is 14.6 Å². The van der Waals surface area contributed by atoms with Crippen molar-refractivity contribution in [3.63, 3.8) is 0 Å². The van der Waals surface area contributed by atoms with Crippen LogP contribution in [0.25, 0.3) is 0 Å².